The van der Waals surface area contributed by atoms with Crippen LogP contribution in [-0.4, -0.2) is 60.2 Å². The molecule has 2 aliphatic rings. The number of piperidine rings is 1. The lowest BCUT2D eigenvalue weighted by Gasteiger charge is -2.28. The zero-order valence-electron chi connectivity index (χ0n) is 17.0. The Morgan fingerprint density at radius 2 is 2.00 bits per heavy atom. The first-order valence-corrected chi connectivity index (χ1v) is 10.4. The molecule has 1 saturated carbocycles. The molecule has 0 bridgehead atoms. The zero-order chi connectivity index (χ0) is 20.6. The highest BCUT2D eigenvalue weighted by Gasteiger charge is 2.28. The average molecular weight is 406 g/mol. The Balaban J connectivity index is 1.57. The van der Waals surface area contributed by atoms with Gasteiger partial charge in [0, 0.05) is 18.7 Å². The highest BCUT2D eigenvalue weighted by atomic mass is 16.6. The molecule has 1 aliphatic heterocycles. The van der Waals surface area contributed by atoms with Crippen LogP contribution in [-0.2, 0) is 9.53 Å². The second-order valence-corrected chi connectivity index (χ2v) is 7.76. The molecule has 2 heterocycles. The molecule has 3 rings (SSSR count). The molecule has 1 aromatic rings. The lowest BCUT2D eigenvalue weighted by molar-refractivity contribution is -0.384. The van der Waals surface area contributed by atoms with Crippen LogP contribution in [0.25, 0.3) is 0 Å². The van der Waals surface area contributed by atoms with Gasteiger partial charge in [-0.1, -0.05) is 6.42 Å². The summed E-state index contributed by atoms with van der Waals surface area (Å²) >= 11 is 0. The molecule has 0 aromatic carbocycles. The number of anilines is 1. The number of ether oxygens (including phenoxy) is 2. The summed E-state index contributed by atoms with van der Waals surface area (Å²) in [7, 11) is 1.40. The van der Waals surface area contributed by atoms with E-state index in [1.165, 1.54) is 32.6 Å². The molecule has 1 saturated heterocycles. The number of esters is 1. The number of carbonyl (C=O) groups excluding carboxylic acids is 1. The van der Waals surface area contributed by atoms with Crippen molar-refractivity contribution in [2.45, 2.75) is 51.0 Å². The summed E-state index contributed by atoms with van der Waals surface area (Å²) in [5, 5.41) is 14.7. The van der Waals surface area contributed by atoms with E-state index in [0.29, 0.717) is 31.0 Å². The van der Waals surface area contributed by atoms with Crippen molar-refractivity contribution in [3.8, 4) is 5.88 Å². The Hall–Kier alpha value is -2.42. The Bertz CT molecular complexity index is 700. The Morgan fingerprint density at radius 1 is 1.28 bits per heavy atom. The average Bonchev–Trinajstić information content (AvgIpc) is 2.74. The van der Waals surface area contributed by atoms with Gasteiger partial charge in [-0.2, -0.15) is 0 Å². The molecular formula is C20H30N4O5. The number of hydrogen-bond donors (Lipinski definition) is 1. The first-order valence-electron chi connectivity index (χ1n) is 10.4. The predicted molar refractivity (Wildman–Crippen MR) is 108 cm³/mol. The quantitative estimate of drug-likeness (QED) is 0.399. The van der Waals surface area contributed by atoms with Crippen LogP contribution < -0.4 is 10.1 Å². The predicted octanol–water partition coefficient (Wildman–Crippen LogP) is 3.00. The maximum absolute atomic E-state index is 11.7. The summed E-state index contributed by atoms with van der Waals surface area (Å²) in [5.74, 6) is 0.125. The molecule has 0 amide bonds. The standard InChI is InChI=1S/C20H30N4O5/c1-28-20(25)15-5-7-16(8-6-15)22-17-13-19(21-14-18(17)24(26)27)29-12-11-23-9-3-2-4-10-23/h13-16H,2-12H2,1H3,(H,21,22). The SMILES string of the molecule is COC(=O)C1CCC(Nc2cc(OCCN3CCCCC3)ncc2[N+](=O)[O-])CC1. The normalized spacial score (nSPS) is 22.7. The van der Waals surface area contributed by atoms with Gasteiger partial charge in [0.1, 0.15) is 18.5 Å². The molecule has 1 aromatic heterocycles. The molecule has 9 nitrogen and oxygen atoms in total. The molecule has 0 radical (unpaired) electrons. The minimum absolute atomic E-state index is 0.0662. The molecular weight excluding hydrogens is 376 g/mol. The monoisotopic (exact) mass is 406 g/mol. The second kappa shape index (κ2) is 10.4. The van der Waals surface area contributed by atoms with Crippen LogP contribution in [0.4, 0.5) is 11.4 Å². The summed E-state index contributed by atoms with van der Waals surface area (Å²) < 4.78 is 10.6. The van der Waals surface area contributed by atoms with Crippen LogP contribution in [0.5, 0.6) is 5.88 Å². The van der Waals surface area contributed by atoms with Gasteiger partial charge in [-0.3, -0.25) is 19.8 Å². The van der Waals surface area contributed by atoms with Gasteiger partial charge in [0.05, 0.1) is 18.0 Å². The minimum Gasteiger partial charge on any atom is -0.476 e. The molecule has 29 heavy (non-hydrogen) atoms. The number of likely N-dealkylation sites (tertiary alicyclic amines) is 1. The number of carbonyl (C=O) groups is 1. The number of rotatable bonds is 8. The number of pyridine rings is 1. The van der Waals surface area contributed by atoms with Crippen LogP contribution in [0, 0.1) is 16.0 Å². The van der Waals surface area contributed by atoms with Gasteiger partial charge in [0.15, 0.2) is 0 Å². The van der Waals surface area contributed by atoms with Crippen LogP contribution in [0.3, 0.4) is 0 Å². The van der Waals surface area contributed by atoms with Crippen molar-refractivity contribution >= 4 is 17.3 Å². The van der Waals surface area contributed by atoms with Crippen molar-refractivity contribution in [2.75, 3.05) is 38.7 Å². The lowest BCUT2D eigenvalue weighted by atomic mass is 9.86. The van der Waals surface area contributed by atoms with Crippen LogP contribution >= 0.6 is 0 Å². The van der Waals surface area contributed by atoms with Gasteiger partial charge < -0.3 is 14.8 Å². The lowest BCUT2D eigenvalue weighted by Crippen LogP contribution is -2.33. The van der Waals surface area contributed by atoms with Crippen LogP contribution in [0.2, 0.25) is 0 Å². The van der Waals surface area contributed by atoms with Gasteiger partial charge in [0.25, 0.3) is 0 Å². The minimum atomic E-state index is -0.438. The van der Waals surface area contributed by atoms with Gasteiger partial charge in [-0.05, 0) is 51.6 Å². The summed E-state index contributed by atoms with van der Waals surface area (Å²) in [6.07, 6.45) is 7.92. The fourth-order valence-electron chi connectivity index (χ4n) is 4.09. The Morgan fingerprint density at radius 3 is 2.66 bits per heavy atom. The van der Waals surface area contributed by atoms with E-state index >= 15 is 0 Å². The third-order valence-corrected chi connectivity index (χ3v) is 5.78. The number of nitrogens with one attached hydrogen (secondary N) is 1. The number of aromatic nitrogens is 1. The third kappa shape index (κ3) is 6.03. The third-order valence-electron chi connectivity index (χ3n) is 5.78. The number of nitrogens with zero attached hydrogens (tertiary/aromatic N) is 3. The van der Waals surface area contributed by atoms with Gasteiger partial charge in [0.2, 0.25) is 5.88 Å². The maximum Gasteiger partial charge on any atom is 0.310 e. The molecule has 0 unspecified atom stereocenters. The largest absolute Gasteiger partial charge is 0.476 e. The smallest absolute Gasteiger partial charge is 0.310 e. The molecule has 0 atom stereocenters. The van der Waals surface area contributed by atoms with Crippen molar-refractivity contribution in [2.24, 2.45) is 5.92 Å². The van der Waals surface area contributed by atoms with E-state index in [1.807, 2.05) is 0 Å². The van der Waals surface area contributed by atoms with E-state index < -0.39 is 4.92 Å². The highest BCUT2D eigenvalue weighted by Crippen LogP contribution is 2.32. The number of methoxy groups -OCH3 is 1. The van der Waals surface area contributed by atoms with E-state index in [1.54, 1.807) is 6.07 Å². The Kier molecular flexibility index (Phi) is 7.62. The molecule has 1 aliphatic carbocycles. The maximum atomic E-state index is 11.7. The summed E-state index contributed by atoms with van der Waals surface area (Å²) in [5.41, 5.74) is 0.350. The summed E-state index contributed by atoms with van der Waals surface area (Å²) in [6.45, 7) is 3.53. The Labute approximate surface area is 170 Å². The van der Waals surface area contributed by atoms with E-state index in [-0.39, 0.29) is 23.6 Å². The van der Waals surface area contributed by atoms with Crippen molar-refractivity contribution in [3.05, 3.63) is 22.4 Å². The topological polar surface area (TPSA) is 107 Å². The van der Waals surface area contributed by atoms with Crippen molar-refractivity contribution in [1.82, 2.24) is 9.88 Å². The molecule has 160 valence electrons. The summed E-state index contributed by atoms with van der Waals surface area (Å²) in [6, 6.07) is 1.68. The fraction of sp³-hybridized carbons (Fsp3) is 0.700. The van der Waals surface area contributed by atoms with Crippen molar-refractivity contribution < 1.29 is 19.2 Å². The van der Waals surface area contributed by atoms with Crippen molar-refractivity contribution in [1.29, 1.82) is 0 Å². The van der Waals surface area contributed by atoms with E-state index in [2.05, 4.69) is 15.2 Å². The van der Waals surface area contributed by atoms with Crippen LogP contribution in [0.15, 0.2) is 12.3 Å². The van der Waals surface area contributed by atoms with E-state index in [0.717, 1.165) is 32.5 Å². The van der Waals surface area contributed by atoms with E-state index in [4.69, 9.17) is 9.47 Å². The zero-order valence-corrected chi connectivity index (χ0v) is 17.0. The van der Waals surface area contributed by atoms with Crippen LogP contribution in [0.1, 0.15) is 44.9 Å². The number of nitro groups is 1. The molecule has 9 heteroatoms. The van der Waals surface area contributed by atoms with Gasteiger partial charge in [-0.25, -0.2) is 4.98 Å². The second-order valence-electron chi connectivity index (χ2n) is 7.76. The summed E-state index contributed by atoms with van der Waals surface area (Å²) in [4.78, 5) is 29.1. The van der Waals surface area contributed by atoms with Gasteiger partial charge in [-0.15, -0.1) is 0 Å². The van der Waals surface area contributed by atoms with Gasteiger partial charge >= 0.3 is 11.7 Å². The molecule has 0 spiro atoms. The molecule has 1 N–H and O–H groups in total. The number of hydrogen-bond acceptors (Lipinski definition) is 8. The first-order chi connectivity index (χ1) is 14.1. The molecule has 2 fully saturated rings. The fourth-order valence-corrected chi connectivity index (χ4v) is 4.09. The van der Waals surface area contributed by atoms with E-state index in [9.17, 15) is 14.9 Å². The first kappa shape index (κ1) is 21.3. The highest BCUT2D eigenvalue weighted by molar-refractivity contribution is 5.72. The van der Waals surface area contributed by atoms with Crippen molar-refractivity contribution in [3.63, 3.8) is 0 Å².